The van der Waals surface area contributed by atoms with Gasteiger partial charge in [-0.15, -0.1) is 6.58 Å². The molecule has 1 aromatic rings. The van der Waals surface area contributed by atoms with Gasteiger partial charge in [0.2, 0.25) is 17.6 Å². The first-order valence-corrected chi connectivity index (χ1v) is 16.0. The SMILES string of the molecule is C=CCNC(=O)C(=O)C(CCC)NC(=O)[C@@H]1[C@@H]2[C@H](CN1C(=O)[C@@H](NC(=O)N[C@H](C(=O)c1ccncc1)C(C)C)C(C)(C)C)C2(C)C. The molecule has 3 rings (SSSR count). The third kappa shape index (κ3) is 8.00. The van der Waals surface area contributed by atoms with Crippen LogP contribution in [0.25, 0.3) is 0 Å². The van der Waals surface area contributed by atoms with Crippen molar-refractivity contribution in [2.24, 2.45) is 28.6 Å². The third-order valence-corrected chi connectivity index (χ3v) is 9.19. The van der Waals surface area contributed by atoms with Crippen molar-refractivity contribution < 1.29 is 28.8 Å². The molecule has 2 fully saturated rings. The van der Waals surface area contributed by atoms with E-state index in [0.717, 1.165) is 0 Å². The molecular formula is C34H50N6O6. The predicted octanol–water partition coefficient (Wildman–Crippen LogP) is 2.64. The third-order valence-electron chi connectivity index (χ3n) is 9.19. The standard InChI is InChI=1S/C34H50N6O6/c1-10-12-22(27(42)30(44)36-15-11-2)37-29(43)25-23-21(34(23,8)9)18-40(25)31(45)28(33(5,6)7)39-32(46)38-24(19(3)4)26(41)20-13-16-35-17-14-20/h11,13-14,16-17,19,21-25,28H,2,10,12,15,18H2,1,3-9H3,(H,36,44)(H,37,43)(H2,38,39,46)/t21-,22?,23-,24-,25-,28+/m0/s1. The molecule has 1 unspecified atom stereocenters. The van der Waals surface area contributed by atoms with Crippen LogP contribution in [0.3, 0.4) is 0 Å². The molecule has 1 aliphatic heterocycles. The van der Waals surface area contributed by atoms with Gasteiger partial charge in [-0.3, -0.25) is 29.0 Å². The maximum absolute atomic E-state index is 14.3. The van der Waals surface area contributed by atoms with E-state index in [1.807, 2.05) is 55.4 Å². The summed E-state index contributed by atoms with van der Waals surface area (Å²) in [5, 5.41) is 10.8. The number of fused-ring (bicyclic) bond motifs is 1. The van der Waals surface area contributed by atoms with Crippen LogP contribution < -0.4 is 21.3 Å². The van der Waals surface area contributed by atoms with Gasteiger partial charge in [-0.2, -0.15) is 0 Å². The molecule has 1 saturated carbocycles. The van der Waals surface area contributed by atoms with Gasteiger partial charge in [0.05, 0.1) is 12.1 Å². The van der Waals surface area contributed by atoms with Crippen LogP contribution in [0.2, 0.25) is 0 Å². The first kappa shape index (κ1) is 36.4. The van der Waals surface area contributed by atoms with Gasteiger partial charge >= 0.3 is 6.03 Å². The molecule has 0 bridgehead atoms. The Balaban J connectivity index is 1.82. The summed E-state index contributed by atoms with van der Waals surface area (Å²) in [6, 6.07) is -1.35. The zero-order valence-electron chi connectivity index (χ0n) is 28.3. The van der Waals surface area contributed by atoms with E-state index in [0.29, 0.717) is 18.5 Å². The number of rotatable bonds is 14. The van der Waals surface area contributed by atoms with Gasteiger partial charge in [-0.1, -0.05) is 67.9 Å². The number of likely N-dealkylation sites (tertiary alicyclic amines) is 1. The molecule has 12 heteroatoms. The summed E-state index contributed by atoms with van der Waals surface area (Å²) in [4.78, 5) is 85.5. The van der Waals surface area contributed by atoms with Gasteiger partial charge in [0.1, 0.15) is 12.1 Å². The Morgan fingerprint density at radius 2 is 1.70 bits per heavy atom. The van der Waals surface area contributed by atoms with Crippen molar-refractivity contribution in [1.29, 1.82) is 0 Å². The van der Waals surface area contributed by atoms with E-state index in [1.54, 1.807) is 12.1 Å². The minimum Gasteiger partial charge on any atom is -0.346 e. The second kappa shape index (κ2) is 14.6. The minimum absolute atomic E-state index is 0.0566. The Kier molecular flexibility index (Phi) is 11.5. The largest absolute Gasteiger partial charge is 0.346 e. The van der Waals surface area contributed by atoms with Crippen LogP contribution in [0.1, 0.15) is 78.6 Å². The maximum atomic E-state index is 14.3. The molecule has 1 saturated heterocycles. The number of piperidine rings is 1. The molecule has 0 aromatic carbocycles. The lowest BCUT2D eigenvalue weighted by Gasteiger charge is -2.38. The minimum atomic E-state index is -1.05. The Bertz CT molecular complexity index is 1340. The number of ketones is 2. The number of carbonyl (C=O) groups is 6. The summed E-state index contributed by atoms with van der Waals surface area (Å²) in [6.07, 6.45) is 5.27. The second-order valence-corrected chi connectivity index (χ2v) is 14.3. The van der Waals surface area contributed by atoms with E-state index in [2.05, 4.69) is 32.8 Å². The number of Topliss-reactive ketones (excluding diaryl/α,β-unsaturated/α-hetero) is 2. The smallest absolute Gasteiger partial charge is 0.316 e. The van der Waals surface area contributed by atoms with Crippen molar-refractivity contribution in [3.8, 4) is 0 Å². The number of urea groups is 1. The lowest BCUT2D eigenvalue weighted by Crippen LogP contribution is -2.62. The van der Waals surface area contributed by atoms with E-state index in [9.17, 15) is 28.8 Å². The molecule has 2 heterocycles. The van der Waals surface area contributed by atoms with Gasteiger partial charge in [-0.25, -0.2) is 4.79 Å². The molecule has 0 radical (unpaired) electrons. The fraction of sp³-hybridized carbons (Fsp3) is 0.618. The van der Waals surface area contributed by atoms with Crippen molar-refractivity contribution in [1.82, 2.24) is 31.2 Å². The van der Waals surface area contributed by atoms with Gasteiger partial charge in [0, 0.05) is 31.0 Å². The number of carbonyl (C=O) groups excluding carboxylic acids is 6. The van der Waals surface area contributed by atoms with Crippen LogP contribution in [0, 0.1) is 28.6 Å². The molecule has 12 nitrogen and oxygen atoms in total. The highest BCUT2D eigenvalue weighted by atomic mass is 16.2. The van der Waals surface area contributed by atoms with Crippen LogP contribution >= 0.6 is 0 Å². The molecule has 6 atom stereocenters. The highest BCUT2D eigenvalue weighted by molar-refractivity contribution is 6.38. The number of nitrogens with one attached hydrogen (secondary N) is 4. The summed E-state index contributed by atoms with van der Waals surface area (Å²) < 4.78 is 0. The zero-order chi connectivity index (χ0) is 34.6. The van der Waals surface area contributed by atoms with Crippen molar-refractivity contribution in [3.05, 3.63) is 42.7 Å². The number of amides is 5. The quantitative estimate of drug-likeness (QED) is 0.138. The molecule has 0 spiro atoms. The van der Waals surface area contributed by atoms with E-state index in [1.165, 1.54) is 23.4 Å². The number of nitrogens with zero attached hydrogens (tertiary/aromatic N) is 2. The van der Waals surface area contributed by atoms with Crippen LogP contribution in [-0.2, 0) is 19.2 Å². The van der Waals surface area contributed by atoms with Crippen molar-refractivity contribution in [2.45, 2.75) is 92.4 Å². The first-order chi connectivity index (χ1) is 21.5. The summed E-state index contributed by atoms with van der Waals surface area (Å²) >= 11 is 0. The van der Waals surface area contributed by atoms with Crippen molar-refractivity contribution >= 4 is 35.3 Å². The molecular weight excluding hydrogens is 588 g/mol. The Morgan fingerprint density at radius 3 is 2.24 bits per heavy atom. The molecule has 4 N–H and O–H groups in total. The van der Waals surface area contributed by atoms with Crippen LogP contribution in [0.4, 0.5) is 4.79 Å². The van der Waals surface area contributed by atoms with Crippen LogP contribution in [0.5, 0.6) is 0 Å². The highest BCUT2D eigenvalue weighted by Gasteiger charge is 2.70. The first-order valence-electron chi connectivity index (χ1n) is 16.0. The molecule has 46 heavy (non-hydrogen) atoms. The van der Waals surface area contributed by atoms with E-state index in [-0.39, 0.29) is 41.9 Å². The van der Waals surface area contributed by atoms with E-state index in [4.69, 9.17) is 0 Å². The summed E-state index contributed by atoms with van der Waals surface area (Å²) in [5.41, 5.74) is -0.558. The van der Waals surface area contributed by atoms with Crippen molar-refractivity contribution in [2.75, 3.05) is 13.1 Å². The Labute approximate surface area is 271 Å². The highest BCUT2D eigenvalue weighted by Crippen LogP contribution is 2.65. The summed E-state index contributed by atoms with van der Waals surface area (Å²) in [6.45, 7) is 19.0. The normalized spacial score (nSPS) is 21.7. The fourth-order valence-corrected chi connectivity index (χ4v) is 6.40. The summed E-state index contributed by atoms with van der Waals surface area (Å²) in [5.74, 6) is -3.13. The van der Waals surface area contributed by atoms with Gasteiger partial charge in [0.25, 0.3) is 5.91 Å². The average Bonchev–Trinajstić information content (AvgIpc) is 3.30. The lowest BCUT2D eigenvalue weighted by atomic mass is 9.85. The van der Waals surface area contributed by atoms with Crippen molar-refractivity contribution in [3.63, 3.8) is 0 Å². The summed E-state index contributed by atoms with van der Waals surface area (Å²) in [7, 11) is 0. The second-order valence-electron chi connectivity index (χ2n) is 14.3. The maximum Gasteiger partial charge on any atom is 0.316 e. The lowest BCUT2D eigenvalue weighted by molar-refractivity contribution is -0.145. The fourth-order valence-electron chi connectivity index (χ4n) is 6.40. The van der Waals surface area contributed by atoms with Gasteiger partial charge in [-0.05, 0) is 47.1 Å². The topological polar surface area (TPSA) is 167 Å². The molecule has 2 aliphatic rings. The number of pyridine rings is 1. The average molecular weight is 639 g/mol. The zero-order valence-corrected chi connectivity index (χ0v) is 28.3. The molecule has 1 aromatic heterocycles. The monoisotopic (exact) mass is 638 g/mol. The van der Waals surface area contributed by atoms with E-state index < -0.39 is 59.1 Å². The predicted molar refractivity (Wildman–Crippen MR) is 173 cm³/mol. The van der Waals surface area contributed by atoms with Crippen LogP contribution in [-0.4, -0.2) is 82.5 Å². The van der Waals surface area contributed by atoms with Gasteiger partial charge < -0.3 is 26.2 Å². The Morgan fingerprint density at radius 1 is 1.07 bits per heavy atom. The number of aromatic nitrogens is 1. The molecule has 252 valence electrons. The Hall–Kier alpha value is -4.09. The molecule has 1 aliphatic carbocycles. The van der Waals surface area contributed by atoms with E-state index >= 15 is 0 Å². The number of hydrogen-bond donors (Lipinski definition) is 4. The molecule has 5 amide bonds. The van der Waals surface area contributed by atoms with Crippen LogP contribution in [0.15, 0.2) is 37.2 Å². The number of hydrogen-bond acceptors (Lipinski definition) is 7. The van der Waals surface area contributed by atoms with Gasteiger partial charge in [0.15, 0.2) is 5.78 Å².